The number of nitrogens with two attached hydrogens (primary N) is 1. The van der Waals surface area contributed by atoms with Crippen molar-refractivity contribution in [2.75, 3.05) is 0 Å². The average molecular weight is 310 g/mol. The highest BCUT2D eigenvalue weighted by Gasteiger charge is 2.31. The summed E-state index contributed by atoms with van der Waals surface area (Å²) in [4.78, 5) is 0.958. The highest BCUT2D eigenvalue weighted by Crippen LogP contribution is 2.27. The highest BCUT2D eigenvalue weighted by molar-refractivity contribution is 7.10. The third-order valence-corrected chi connectivity index (χ3v) is 3.28. The lowest BCUT2D eigenvalue weighted by atomic mass is 10.1. The Hall–Kier alpha value is -1.24. The van der Waals surface area contributed by atoms with E-state index in [1.54, 1.807) is 0 Å². The summed E-state index contributed by atoms with van der Waals surface area (Å²) in [5.41, 5.74) is 6.73. The van der Waals surface area contributed by atoms with Gasteiger partial charge in [0.05, 0.1) is 6.04 Å². The van der Waals surface area contributed by atoms with Crippen LogP contribution in [0.1, 0.15) is 16.5 Å². The minimum Gasteiger partial charge on any atom is -0.406 e. The molecule has 19 heavy (non-hydrogen) atoms. The molecule has 1 heterocycles. The van der Waals surface area contributed by atoms with Crippen molar-refractivity contribution in [3.63, 3.8) is 0 Å². The second-order valence-corrected chi connectivity index (χ2v) is 4.59. The van der Waals surface area contributed by atoms with E-state index in [1.165, 1.54) is 35.6 Å². The van der Waals surface area contributed by atoms with Crippen LogP contribution in [0.5, 0.6) is 5.75 Å². The Morgan fingerprint density at radius 2 is 1.74 bits per heavy atom. The van der Waals surface area contributed by atoms with Gasteiger partial charge in [-0.05, 0) is 29.1 Å². The number of alkyl halides is 3. The van der Waals surface area contributed by atoms with E-state index in [-0.39, 0.29) is 24.2 Å². The van der Waals surface area contributed by atoms with Crippen molar-refractivity contribution >= 4 is 23.7 Å². The molecule has 7 heteroatoms. The maximum Gasteiger partial charge on any atom is 0.573 e. The van der Waals surface area contributed by atoms with Gasteiger partial charge in [-0.25, -0.2) is 0 Å². The summed E-state index contributed by atoms with van der Waals surface area (Å²) in [5.74, 6) is -0.246. The first-order chi connectivity index (χ1) is 8.46. The van der Waals surface area contributed by atoms with Crippen molar-refractivity contribution in [1.82, 2.24) is 0 Å². The van der Waals surface area contributed by atoms with Crippen LogP contribution in [0.4, 0.5) is 13.2 Å². The van der Waals surface area contributed by atoms with Crippen LogP contribution in [0, 0.1) is 0 Å². The number of thiophene rings is 1. The van der Waals surface area contributed by atoms with Crippen LogP contribution in [-0.2, 0) is 0 Å². The molecule has 0 fully saturated rings. The first-order valence-corrected chi connectivity index (χ1v) is 5.98. The molecule has 0 unspecified atom stereocenters. The summed E-state index contributed by atoms with van der Waals surface area (Å²) < 4.78 is 39.7. The van der Waals surface area contributed by atoms with Crippen molar-refractivity contribution in [3.8, 4) is 5.75 Å². The van der Waals surface area contributed by atoms with Crippen LogP contribution in [-0.4, -0.2) is 6.36 Å². The Morgan fingerprint density at radius 3 is 2.21 bits per heavy atom. The van der Waals surface area contributed by atoms with Gasteiger partial charge in [0.1, 0.15) is 5.75 Å². The van der Waals surface area contributed by atoms with Crippen LogP contribution >= 0.6 is 23.7 Å². The molecule has 0 radical (unpaired) electrons. The molecule has 0 spiro atoms. The van der Waals surface area contributed by atoms with E-state index in [4.69, 9.17) is 5.73 Å². The molecular formula is C12H11ClF3NOS. The molecule has 2 aromatic rings. The number of ether oxygens (including phenoxy) is 1. The molecule has 0 amide bonds. The number of halogens is 4. The average Bonchev–Trinajstić information content (AvgIpc) is 2.80. The Balaban J connectivity index is 0.00000180. The fourth-order valence-electron chi connectivity index (χ4n) is 1.51. The number of hydrogen-bond donors (Lipinski definition) is 1. The lowest BCUT2D eigenvalue weighted by Crippen LogP contribution is -2.17. The van der Waals surface area contributed by atoms with Gasteiger partial charge in [-0.1, -0.05) is 18.2 Å². The second-order valence-electron chi connectivity index (χ2n) is 3.61. The lowest BCUT2D eigenvalue weighted by Gasteiger charge is -2.12. The summed E-state index contributed by atoms with van der Waals surface area (Å²) in [6.45, 7) is 0. The van der Waals surface area contributed by atoms with Gasteiger partial charge >= 0.3 is 6.36 Å². The molecule has 1 aromatic carbocycles. The highest BCUT2D eigenvalue weighted by atomic mass is 35.5. The van der Waals surface area contributed by atoms with E-state index in [9.17, 15) is 13.2 Å². The fourth-order valence-corrected chi connectivity index (χ4v) is 2.26. The molecule has 0 aliphatic rings. The zero-order valence-electron chi connectivity index (χ0n) is 9.55. The molecule has 104 valence electrons. The van der Waals surface area contributed by atoms with Gasteiger partial charge in [0.15, 0.2) is 0 Å². The molecule has 0 saturated carbocycles. The monoisotopic (exact) mass is 309 g/mol. The number of rotatable bonds is 3. The van der Waals surface area contributed by atoms with Gasteiger partial charge in [-0.2, -0.15) is 0 Å². The van der Waals surface area contributed by atoms with Crippen LogP contribution in [0.3, 0.4) is 0 Å². The summed E-state index contributed by atoms with van der Waals surface area (Å²) in [6.07, 6.45) is -4.67. The van der Waals surface area contributed by atoms with Crippen LogP contribution in [0.25, 0.3) is 0 Å². The van der Waals surface area contributed by atoms with Crippen molar-refractivity contribution in [3.05, 3.63) is 52.2 Å². The van der Waals surface area contributed by atoms with E-state index in [0.29, 0.717) is 0 Å². The van der Waals surface area contributed by atoms with Gasteiger partial charge in [0.2, 0.25) is 0 Å². The Morgan fingerprint density at radius 1 is 1.11 bits per heavy atom. The SMILES string of the molecule is Cl.N[C@@H](c1ccc(OC(F)(F)F)cc1)c1cccs1. The third-order valence-electron chi connectivity index (χ3n) is 2.32. The summed E-state index contributed by atoms with van der Waals surface area (Å²) in [7, 11) is 0. The molecule has 1 atom stereocenters. The minimum absolute atomic E-state index is 0. The molecule has 0 aliphatic carbocycles. The third kappa shape index (κ3) is 4.41. The van der Waals surface area contributed by atoms with Crippen molar-refractivity contribution in [2.24, 2.45) is 5.73 Å². The molecule has 0 saturated heterocycles. The Kier molecular flexibility index (Phi) is 5.22. The summed E-state index contributed by atoms with van der Waals surface area (Å²) in [5, 5.41) is 1.90. The molecule has 0 aliphatic heterocycles. The zero-order valence-corrected chi connectivity index (χ0v) is 11.2. The predicted octanol–water partition coefficient (Wildman–Crippen LogP) is 4.12. The fraction of sp³-hybridized carbons (Fsp3) is 0.167. The van der Waals surface area contributed by atoms with Gasteiger partial charge < -0.3 is 10.5 Å². The Labute approximate surface area is 118 Å². The van der Waals surface area contributed by atoms with Crippen molar-refractivity contribution < 1.29 is 17.9 Å². The van der Waals surface area contributed by atoms with E-state index in [2.05, 4.69) is 4.74 Å². The predicted molar refractivity (Wildman–Crippen MR) is 70.7 cm³/mol. The summed E-state index contributed by atoms with van der Waals surface area (Å²) >= 11 is 1.50. The van der Waals surface area contributed by atoms with E-state index >= 15 is 0 Å². The quantitative estimate of drug-likeness (QED) is 0.925. The van der Waals surface area contributed by atoms with Gasteiger partial charge in [0.25, 0.3) is 0 Å². The molecule has 2 nitrogen and oxygen atoms in total. The maximum atomic E-state index is 12.0. The topological polar surface area (TPSA) is 35.2 Å². The molecule has 0 bridgehead atoms. The van der Waals surface area contributed by atoms with Gasteiger partial charge in [-0.15, -0.1) is 36.9 Å². The largest absolute Gasteiger partial charge is 0.573 e. The number of hydrogen-bond acceptors (Lipinski definition) is 3. The molecule has 2 N–H and O–H groups in total. The van der Waals surface area contributed by atoms with Crippen LogP contribution in [0.2, 0.25) is 0 Å². The lowest BCUT2D eigenvalue weighted by molar-refractivity contribution is -0.274. The zero-order chi connectivity index (χ0) is 13.2. The molecule has 1 aromatic heterocycles. The van der Waals surface area contributed by atoms with Crippen LogP contribution < -0.4 is 10.5 Å². The van der Waals surface area contributed by atoms with Gasteiger partial charge in [0, 0.05) is 4.88 Å². The summed E-state index contributed by atoms with van der Waals surface area (Å²) in [6, 6.07) is 9.02. The first kappa shape index (κ1) is 15.8. The normalized spacial score (nSPS) is 12.6. The number of benzene rings is 1. The molecular weight excluding hydrogens is 299 g/mol. The minimum atomic E-state index is -4.67. The Bertz CT molecular complexity index is 499. The van der Waals surface area contributed by atoms with E-state index < -0.39 is 6.36 Å². The smallest absolute Gasteiger partial charge is 0.406 e. The maximum absolute atomic E-state index is 12.0. The van der Waals surface area contributed by atoms with Crippen molar-refractivity contribution in [1.29, 1.82) is 0 Å². The second kappa shape index (κ2) is 6.27. The van der Waals surface area contributed by atoms with E-state index in [0.717, 1.165) is 10.4 Å². The van der Waals surface area contributed by atoms with Crippen molar-refractivity contribution in [2.45, 2.75) is 12.4 Å². The first-order valence-electron chi connectivity index (χ1n) is 5.10. The molecule has 2 rings (SSSR count). The van der Waals surface area contributed by atoms with Gasteiger partial charge in [-0.3, -0.25) is 0 Å². The van der Waals surface area contributed by atoms with E-state index in [1.807, 2.05) is 17.5 Å². The standard InChI is InChI=1S/C12H10F3NOS.ClH/c13-12(14,15)17-9-5-3-8(4-6-9)11(16)10-2-1-7-18-10;/h1-7,11H,16H2;1H/t11-;/m0./s1. The van der Waals surface area contributed by atoms with Crippen LogP contribution in [0.15, 0.2) is 41.8 Å².